The van der Waals surface area contributed by atoms with Gasteiger partial charge in [-0.2, -0.15) is 0 Å². The van der Waals surface area contributed by atoms with Crippen molar-refractivity contribution >= 4 is 11.5 Å². The summed E-state index contributed by atoms with van der Waals surface area (Å²) in [6.07, 6.45) is 3.26. The molecule has 1 N–H and O–H groups in total. The van der Waals surface area contributed by atoms with Gasteiger partial charge in [-0.3, -0.25) is 4.79 Å². The molecule has 0 saturated heterocycles. The van der Waals surface area contributed by atoms with E-state index in [9.17, 15) is 4.79 Å². The summed E-state index contributed by atoms with van der Waals surface area (Å²) in [7, 11) is 0. The third-order valence-electron chi connectivity index (χ3n) is 3.79. The summed E-state index contributed by atoms with van der Waals surface area (Å²) in [5, 5.41) is 8.10. The lowest BCUT2D eigenvalue weighted by Gasteiger charge is -2.15. The molecular weight excluding hydrogens is 258 g/mol. The van der Waals surface area contributed by atoms with Crippen molar-refractivity contribution < 1.29 is 4.79 Å². The molecule has 21 heavy (non-hydrogen) atoms. The molecule has 1 saturated carbocycles. The summed E-state index contributed by atoms with van der Waals surface area (Å²) in [5.74, 6) is 7.85. The molecule has 1 fully saturated rings. The van der Waals surface area contributed by atoms with Crippen molar-refractivity contribution in [3.8, 4) is 11.8 Å². The van der Waals surface area contributed by atoms with E-state index in [4.69, 9.17) is 5.41 Å². The van der Waals surface area contributed by atoms with Crippen LogP contribution in [-0.4, -0.2) is 11.5 Å². The van der Waals surface area contributed by atoms with E-state index in [0.717, 1.165) is 0 Å². The first kappa shape index (κ1) is 15.5. The van der Waals surface area contributed by atoms with Gasteiger partial charge in [0.05, 0.1) is 0 Å². The minimum Gasteiger partial charge on any atom is -0.309 e. The Hall–Kier alpha value is -1.88. The van der Waals surface area contributed by atoms with Crippen LogP contribution < -0.4 is 0 Å². The second-order valence-corrected chi connectivity index (χ2v) is 6.19. The van der Waals surface area contributed by atoms with Crippen molar-refractivity contribution in [1.82, 2.24) is 0 Å². The summed E-state index contributed by atoms with van der Waals surface area (Å²) in [5.41, 5.74) is 1.18. The van der Waals surface area contributed by atoms with E-state index < -0.39 is 0 Å². The SMILES string of the molecule is CC(C)C(C#CC1CC1)CC(=N)CC(=O)c1ccccc1. The maximum absolute atomic E-state index is 12.1. The Kier molecular flexibility index (Phi) is 5.33. The number of rotatable bonds is 6. The average Bonchev–Trinajstić information content (AvgIpc) is 3.28. The first-order chi connectivity index (χ1) is 10.1. The standard InChI is InChI=1S/C19H23NO/c1-14(2)17(11-10-15-8-9-15)12-18(20)13-19(21)16-6-4-3-5-7-16/h3-7,14-15,17,20H,8-9,12-13H2,1-2H3. The Morgan fingerprint density at radius 1 is 1.29 bits per heavy atom. The van der Waals surface area contributed by atoms with Crippen LogP contribution in [0.1, 0.15) is 49.9 Å². The lowest BCUT2D eigenvalue weighted by Crippen LogP contribution is -2.15. The van der Waals surface area contributed by atoms with Crippen LogP contribution in [0, 0.1) is 35.0 Å². The van der Waals surface area contributed by atoms with Gasteiger partial charge in [-0.25, -0.2) is 0 Å². The number of Topliss-reactive ketones (excluding diaryl/α,β-unsaturated/α-hetero) is 1. The van der Waals surface area contributed by atoms with Crippen molar-refractivity contribution in [1.29, 1.82) is 5.41 Å². The third-order valence-corrected chi connectivity index (χ3v) is 3.79. The number of benzene rings is 1. The van der Waals surface area contributed by atoms with Crippen LogP contribution in [-0.2, 0) is 0 Å². The second kappa shape index (κ2) is 7.22. The molecule has 0 radical (unpaired) electrons. The van der Waals surface area contributed by atoms with Gasteiger partial charge in [-0.1, -0.05) is 56.0 Å². The summed E-state index contributed by atoms with van der Waals surface area (Å²) in [4.78, 5) is 12.1. The van der Waals surface area contributed by atoms with Crippen LogP contribution >= 0.6 is 0 Å². The number of carbonyl (C=O) groups excluding carboxylic acids is 1. The van der Waals surface area contributed by atoms with Gasteiger partial charge < -0.3 is 5.41 Å². The molecule has 0 spiro atoms. The van der Waals surface area contributed by atoms with Crippen molar-refractivity contribution in [3.63, 3.8) is 0 Å². The maximum atomic E-state index is 12.1. The van der Waals surface area contributed by atoms with Crippen LogP contribution in [0.25, 0.3) is 0 Å². The number of ketones is 1. The fourth-order valence-corrected chi connectivity index (χ4v) is 2.16. The maximum Gasteiger partial charge on any atom is 0.168 e. The molecule has 1 aliphatic rings. The highest BCUT2D eigenvalue weighted by atomic mass is 16.1. The molecule has 1 aromatic rings. The van der Waals surface area contributed by atoms with Crippen LogP contribution in [0.3, 0.4) is 0 Å². The molecule has 110 valence electrons. The quantitative estimate of drug-likeness (QED) is 0.470. The van der Waals surface area contributed by atoms with E-state index in [1.54, 1.807) is 0 Å². The van der Waals surface area contributed by atoms with E-state index in [1.807, 2.05) is 30.3 Å². The molecule has 0 amide bonds. The number of hydrogen-bond acceptors (Lipinski definition) is 2. The topological polar surface area (TPSA) is 40.9 Å². The zero-order valence-corrected chi connectivity index (χ0v) is 12.9. The van der Waals surface area contributed by atoms with E-state index >= 15 is 0 Å². The molecule has 2 heteroatoms. The molecule has 1 aromatic carbocycles. The third kappa shape index (κ3) is 5.19. The number of hydrogen-bond donors (Lipinski definition) is 1. The molecule has 1 aliphatic carbocycles. The van der Waals surface area contributed by atoms with Gasteiger partial charge in [0, 0.05) is 29.5 Å². The minimum absolute atomic E-state index is 0.0262. The Bertz CT molecular complexity index is 558. The van der Waals surface area contributed by atoms with Gasteiger partial charge >= 0.3 is 0 Å². The van der Waals surface area contributed by atoms with Gasteiger partial charge in [0.1, 0.15) is 0 Å². The van der Waals surface area contributed by atoms with E-state index in [0.29, 0.717) is 29.5 Å². The first-order valence-corrected chi connectivity index (χ1v) is 7.72. The minimum atomic E-state index is 0.0262. The predicted octanol–water partition coefficient (Wildman–Crippen LogP) is 4.35. The lowest BCUT2D eigenvalue weighted by atomic mass is 9.89. The Labute approximate surface area is 127 Å². The Morgan fingerprint density at radius 2 is 1.95 bits per heavy atom. The monoisotopic (exact) mass is 281 g/mol. The zero-order chi connectivity index (χ0) is 15.2. The Balaban J connectivity index is 1.90. The molecule has 1 atom stereocenters. The molecule has 2 nitrogen and oxygen atoms in total. The average molecular weight is 281 g/mol. The molecular formula is C19H23NO. The summed E-state index contributed by atoms with van der Waals surface area (Å²) in [6, 6.07) is 9.22. The highest BCUT2D eigenvalue weighted by molar-refractivity contribution is 6.08. The largest absolute Gasteiger partial charge is 0.309 e. The van der Waals surface area contributed by atoms with Gasteiger partial charge in [-0.05, 0) is 25.2 Å². The molecule has 0 aliphatic heterocycles. The predicted molar refractivity (Wildman–Crippen MR) is 86.6 cm³/mol. The molecule has 2 rings (SSSR count). The molecule has 1 unspecified atom stereocenters. The molecule has 0 aromatic heterocycles. The van der Waals surface area contributed by atoms with Crippen LogP contribution in [0.5, 0.6) is 0 Å². The van der Waals surface area contributed by atoms with Crippen molar-refractivity contribution in [2.75, 3.05) is 0 Å². The highest BCUT2D eigenvalue weighted by Crippen LogP contribution is 2.28. The van der Waals surface area contributed by atoms with E-state index in [1.165, 1.54) is 12.8 Å². The van der Waals surface area contributed by atoms with Crippen LogP contribution in [0.15, 0.2) is 30.3 Å². The van der Waals surface area contributed by atoms with Crippen molar-refractivity contribution in [2.24, 2.45) is 17.8 Å². The molecule has 0 heterocycles. The van der Waals surface area contributed by atoms with Gasteiger partial charge in [0.25, 0.3) is 0 Å². The number of carbonyl (C=O) groups is 1. The fraction of sp³-hybridized carbons (Fsp3) is 0.474. The van der Waals surface area contributed by atoms with E-state index in [-0.39, 0.29) is 18.1 Å². The van der Waals surface area contributed by atoms with Gasteiger partial charge in [0.2, 0.25) is 0 Å². The lowest BCUT2D eigenvalue weighted by molar-refractivity contribution is 0.0999. The van der Waals surface area contributed by atoms with Crippen molar-refractivity contribution in [3.05, 3.63) is 35.9 Å². The van der Waals surface area contributed by atoms with Gasteiger partial charge in [-0.15, -0.1) is 0 Å². The van der Waals surface area contributed by atoms with Gasteiger partial charge in [0.15, 0.2) is 5.78 Å². The zero-order valence-electron chi connectivity index (χ0n) is 12.9. The normalized spacial score (nSPS) is 15.2. The van der Waals surface area contributed by atoms with Crippen LogP contribution in [0.4, 0.5) is 0 Å². The van der Waals surface area contributed by atoms with E-state index in [2.05, 4.69) is 25.7 Å². The first-order valence-electron chi connectivity index (χ1n) is 7.72. The van der Waals surface area contributed by atoms with Crippen LogP contribution in [0.2, 0.25) is 0 Å². The number of nitrogens with one attached hydrogen (secondary N) is 1. The fourth-order valence-electron chi connectivity index (χ4n) is 2.16. The summed E-state index contributed by atoms with van der Waals surface area (Å²) in [6.45, 7) is 4.27. The smallest absolute Gasteiger partial charge is 0.168 e. The second-order valence-electron chi connectivity index (χ2n) is 6.19. The molecule has 0 bridgehead atoms. The van der Waals surface area contributed by atoms with Crippen molar-refractivity contribution in [2.45, 2.75) is 39.5 Å². The summed E-state index contributed by atoms with van der Waals surface area (Å²) < 4.78 is 0. The highest BCUT2D eigenvalue weighted by Gasteiger charge is 2.20. The Morgan fingerprint density at radius 3 is 2.52 bits per heavy atom. The summed E-state index contributed by atoms with van der Waals surface area (Å²) >= 11 is 0.